The first kappa shape index (κ1) is 18.3. The average molecular weight is 348 g/mol. The summed E-state index contributed by atoms with van der Waals surface area (Å²) < 4.78 is 0. The molecule has 0 bridgehead atoms. The maximum absolute atomic E-state index is 4.64. The van der Waals surface area contributed by atoms with Gasteiger partial charge in [-0.25, -0.2) is 15.0 Å². The van der Waals surface area contributed by atoms with Crippen molar-refractivity contribution >= 4 is 36.2 Å². The Morgan fingerprint density at radius 2 is 2.10 bits per heavy atom. The number of hydrogen-bond donors (Lipinski definition) is 1. The number of thiazole rings is 1. The molecule has 5 nitrogen and oxygen atoms in total. The lowest BCUT2D eigenvalue weighted by Gasteiger charge is -2.33. The van der Waals surface area contributed by atoms with Crippen LogP contribution in [0, 0.1) is 0 Å². The second-order valence-electron chi connectivity index (χ2n) is 4.74. The van der Waals surface area contributed by atoms with Gasteiger partial charge in [0.15, 0.2) is 10.8 Å². The van der Waals surface area contributed by atoms with Gasteiger partial charge in [-0.2, -0.15) is 0 Å². The van der Waals surface area contributed by atoms with E-state index in [-0.39, 0.29) is 24.8 Å². The van der Waals surface area contributed by atoms with Crippen LogP contribution in [0.15, 0.2) is 23.8 Å². The van der Waals surface area contributed by atoms with Crippen LogP contribution in [0.5, 0.6) is 0 Å². The summed E-state index contributed by atoms with van der Waals surface area (Å²) in [6.45, 7) is 6.35. The third-order valence-electron chi connectivity index (χ3n) is 3.31. The van der Waals surface area contributed by atoms with Gasteiger partial charge in [-0.3, -0.25) is 4.90 Å². The fourth-order valence-electron chi connectivity index (χ4n) is 2.22. The summed E-state index contributed by atoms with van der Waals surface area (Å²) in [6.07, 6.45) is 3.50. The van der Waals surface area contributed by atoms with Gasteiger partial charge in [-0.1, -0.05) is 0 Å². The molecular formula is C13H19Cl2N5S. The first-order valence-electron chi connectivity index (χ1n) is 6.49. The van der Waals surface area contributed by atoms with Crippen LogP contribution in [0.4, 0.5) is 0 Å². The summed E-state index contributed by atoms with van der Waals surface area (Å²) in [5.74, 6) is 0.715. The van der Waals surface area contributed by atoms with Crippen LogP contribution in [0.1, 0.15) is 12.6 Å². The third-order valence-corrected chi connectivity index (χ3v) is 4.20. The molecule has 0 saturated carbocycles. The van der Waals surface area contributed by atoms with Crippen molar-refractivity contribution < 1.29 is 0 Å². The number of piperazine rings is 1. The number of aromatic nitrogens is 3. The Kier molecular flexibility index (Phi) is 7.48. The molecule has 0 radical (unpaired) electrons. The molecule has 3 rings (SSSR count). The van der Waals surface area contributed by atoms with Crippen LogP contribution < -0.4 is 5.32 Å². The van der Waals surface area contributed by atoms with Crippen molar-refractivity contribution in [1.82, 2.24) is 25.2 Å². The number of rotatable bonds is 3. The molecule has 1 aliphatic heterocycles. The highest BCUT2D eigenvalue weighted by atomic mass is 35.5. The van der Waals surface area contributed by atoms with Crippen LogP contribution in [0.3, 0.4) is 0 Å². The Morgan fingerprint density at radius 1 is 1.33 bits per heavy atom. The minimum absolute atomic E-state index is 0. The lowest BCUT2D eigenvalue weighted by Crippen LogP contribution is -2.49. The molecule has 2 aromatic heterocycles. The number of nitrogens with one attached hydrogen (secondary N) is 1. The molecule has 8 heteroatoms. The Bertz CT molecular complexity index is 536. The zero-order chi connectivity index (χ0) is 13.1. The number of halogens is 2. The van der Waals surface area contributed by atoms with Crippen molar-refractivity contribution in [3.8, 4) is 10.8 Å². The molecule has 0 aliphatic carbocycles. The molecule has 1 aliphatic rings. The van der Waals surface area contributed by atoms with Crippen molar-refractivity contribution in [3.05, 3.63) is 29.5 Å². The van der Waals surface area contributed by atoms with Gasteiger partial charge in [0.1, 0.15) is 0 Å². The van der Waals surface area contributed by atoms with E-state index in [1.165, 1.54) is 0 Å². The molecule has 0 unspecified atom stereocenters. The largest absolute Gasteiger partial charge is 0.314 e. The average Bonchev–Trinajstić information content (AvgIpc) is 2.91. The van der Waals surface area contributed by atoms with Gasteiger partial charge in [0.05, 0.1) is 5.69 Å². The van der Waals surface area contributed by atoms with Crippen LogP contribution in [-0.4, -0.2) is 45.5 Å². The Labute approximate surface area is 141 Å². The third kappa shape index (κ3) is 4.59. The quantitative estimate of drug-likeness (QED) is 0.922. The monoisotopic (exact) mass is 347 g/mol. The summed E-state index contributed by atoms with van der Waals surface area (Å²) in [7, 11) is 0. The maximum atomic E-state index is 4.64. The predicted octanol–water partition coefficient (Wildman–Crippen LogP) is 2.24. The molecule has 0 spiro atoms. The minimum Gasteiger partial charge on any atom is -0.314 e. The Hall–Kier alpha value is -0.790. The van der Waals surface area contributed by atoms with E-state index in [1.54, 1.807) is 23.7 Å². The lowest BCUT2D eigenvalue weighted by molar-refractivity contribution is 0.164. The van der Waals surface area contributed by atoms with Crippen molar-refractivity contribution in [2.24, 2.45) is 0 Å². The molecule has 2 aromatic rings. The summed E-state index contributed by atoms with van der Waals surface area (Å²) in [6, 6.07) is 2.38. The van der Waals surface area contributed by atoms with E-state index in [0.717, 1.165) is 36.9 Å². The molecule has 1 atom stereocenters. The maximum Gasteiger partial charge on any atom is 0.188 e. The lowest BCUT2D eigenvalue weighted by atomic mass is 10.2. The van der Waals surface area contributed by atoms with E-state index in [0.29, 0.717) is 11.9 Å². The molecule has 3 heterocycles. The summed E-state index contributed by atoms with van der Waals surface area (Å²) in [5, 5.41) is 6.41. The highest BCUT2D eigenvalue weighted by molar-refractivity contribution is 7.13. The topological polar surface area (TPSA) is 53.9 Å². The Morgan fingerprint density at radius 3 is 2.81 bits per heavy atom. The second-order valence-corrected chi connectivity index (χ2v) is 5.60. The standard InChI is InChI=1S/C13H17N5S.2ClH/c1-10-7-14-5-6-18(10)8-11-9-19-13(17-11)12-15-3-2-4-16-12;;/h2-4,9-10,14H,5-8H2,1H3;2*1H/t10-;;/m0../s1. The summed E-state index contributed by atoms with van der Waals surface area (Å²) in [4.78, 5) is 15.6. The SMILES string of the molecule is C[C@H]1CNCCN1Cc1csc(-c2ncccn2)n1.Cl.Cl. The fourth-order valence-corrected chi connectivity index (χ4v) is 2.97. The summed E-state index contributed by atoms with van der Waals surface area (Å²) >= 11 is 1.61. The fraction of sp³-hybridized carbons (Fsp3) is 0.462. The minimum atomic E-state index is 0. The zero-order valence-electron chi connectivity index (χ0n) is 11.7. The first-order valence-corrected chi connectivity index (χ1v) is 7.37. The van der Waals surface area contributed by atoms with E-state index in [9.17, 15) is 0 Å². The van der Waals surface area contributed by atoms with E-state index in [4.69, 9.17) is 0 Å². The van der Waals surface area contributed by atoms with Crippen LogP contribution >= 0.6 is 36.2 Å². The first-order chi connectivity index (χ1) is 9.33. The molecule has 1 fully saturated rings. The summed E-state index contributed by atoms with van der Waals surface area (Å²) in [5.41, 5.74) is 1.11. The van der Waals surface area contributed by atoms with E-state index < -0.39 is 0 Å². The normalized spacial score (nSPS) is 18.6. The molecule has 1 saturated heterocycles. The van der Waals surface area contributed by atoms with Crippen molar-refractivity contribution in [1.29, 1.82) is 0 Å². The van der Waals surface area contributed by atoms with Gasteiger partial charge in [0.25, 0.3) is 0 Å². The number of hydrogen-bond acceptors (Lipinski definition) is 6. The van der Waals surface area contributed by atoms with Gasteiger partial charge < -0.3 is 5.32 Å². The molecule has 0 aromatic carbocycles. The van der Waals surface area contributed by atoms with Gasteiger partial charge in [0, 0.05) is 50.0 Å². The number of nitrogens with zero attached hydrogens (tertiary/aromatic N) is 4. The van der Waals surface area contributed by atoms with Gasteiger partial charge in [0.2, 0.25) is 0 Å². The van der Waals surface area contributed by atoms with E-state index in [2.05, 4.69) is 37.5 Å². The van der Waals surface area contributed by atoms with Gasteiger partial charge >= 0.3 is 0 Å². The molecule has 21 heavy (non-hydrogen) atoms. The van der Waals surface area contributed by atoms with E-state index >= 15 is 0 Å². The van der Waals surface area contributed by atoms with Crippen molar-refractivity contribution in [2.45, 2.75) is 19.5 Å². The zero-order valence-corrected chi connectivity index (χ0v) is 14.2. The predicted molar refractivity (Wildman–Crippen MR) is 90.4 cm³/mol. The Balaban J connectivity index is 0.00000110. The van der Waals surface area contributed by atoms with Crippen LogP contribution in [0.2, 0.25) is 0 Å². The molecule has 0 amide bonds. The van der Waals surface area contributed by atoms with Crippen molar-refractivity contribution in [3.63, 3.8) is 0 Å². The highest BCUT2D eigenvalue weighted by Gasteiger charge is 2.19. The molecular weight excluding hydrogens is 329 g/mol. The second kappa shape index (κ2) is 8.60. The van der Waals surface area contributed by atoms with Crippen molar-refractivity contribution in [2.75, 3.05) is 19.6 Å². The molecule has 1 N–H and O–H groups in total. The van der Waals surface area contributed by atoms with E-state index in [1.807, 2.05) is 6.07 Å². The van der Waals surface area contributed by atoms with Gasteiger partial charge in [-0.05, 0) is 13.0 Å². The highest BCUT2D eigenvalue weighted by Crippen LogP contribution is 2.21. The smallest absolute Gasteiger partial charge is 0.188 e. The molecule has 116 valence electrons. The van der Waals surface area contributed by atoms with Gasteiger partial charge in [-0.15, -0.1) is 36.2 Å². The van der Waals surface area contributed by atoms with Crippen LogP contribution in [0.25, 0.3) is 10.8 Å². The van der Waals surface area contributed by atoms with Crippen LogP contribution in [-0.2, 0) is 6.54 Å².